The molecular weight excluding hydrogens is 332 g/mol. The Morgan fingerprint density at radius 3 is 2.69 bits per heavy atom. The molecule has 0 amide bonds. The zero-order chi connectivity index (χ0) is 18.6. The van der Waals surface area contributed by atoms with Crippen LogP contribution in [0.3, 0.4) is 0 Å². The van der Waals surface area contributed by atoms with Gasteiger partial charge in [-0.15, -0.1) is 0 Å². The zero-order valence-electron chi connectivity index (χ0n) is 15.1. The molecule has 7 nitrogen and oxygen atoms in total. The normalized spacial score (nSPS) is 22.1. The number of hydrogen-bond donors (Lipinski definition) is 2. The number of aromatic nitrogens is 2. The van der Waals surface area contributed by atoms with Crippen LogP contribution >= 0.6 is 0 Å². The number of pyridine rings is 2. The van der Waals surface area contributed by atoms with E-state index in [1.807, 2.05) is 10.6 Å². The van der Waals surface area contributed by atoms with Gasteiger partial charge in [-0.25, -0.2) is 9.78 Å². The zero-order valence-corrected chi connectivity index (χ0v) is 15.1. The number of carbonyl (C=O) groups is 1. The van der Waals surface area contributed by atoms with Crippen molar-refractivity contribution >= 4 is 22.8 Å². The molecule has 1 aliphatic heterocycles. The Morgan fingerprint density at radius 2 is 2.12 bits per heavy atom. The van der Waals surface area contributed by atoms with Crippen LogP contribution in [0.25, 0.3) is 11.0 Å². The van der Waals surface area contributed by atoms with Crippen LogP contribution < -0.4 is 16.1 Å². The van der Waals surface area contributed by atoms with E-state index in [4.69, 9.17) is 10.7 Å². The van der Waals surface area contributed by atoms with E-state index in [2.05, 4.69) is 18.7 Å². The lowest BCUT2D eigenvalue weighted by atomic mass is 9.82. The molecule has 1 saturated heterocycles. The number of carboxylic acid groups (broad SMARTS) is 1. The molecule has 1 unspecified atom stereocenters. The molecular formula is C19H24N4O3. The summed E-state index contributed by atoms with van der Waals surface area (Å²) in [6.45, 7) is 6.75. The molecule has 2 aromatic rings. The van der Waals surface area contributed by atoms with Gasteiger partial charge in [-0.2, -0.15) is 0 Å². The lowest BCUT2D eigenvalue weighted by molar-refractivity contribution is 0.0695. The smallest absolute Gasteiger partial charge is 0.341 e. The lowest BCUT2D eigenvalue weighted by Crippen LogP contribution is -2.28. The van der Waals surface area contributed by atoms with Crippen LogP contribution in [0, 0.1) is 11.3 Å². The number of aromatic carboxylic acids is 1. The molecule has 1 aliphatic carbocycles. The number of fused-ring (bicyclic) bond motifs is 1. The van der Waals surface area contributed by atoms with Crippen LogP contribution in [-0.4, -0.2) is 40.3 Å². The van der Waals surface area contributed by atoms with Crippen LogP contribution in [-0.2, 0) is 0 Å². The maximum atomic E-state index is 12.5. The molecule has 0 radical (unpaired) electrons. The summed E-state index contributed by atoms with van der Waals surface area (Å²) >= 11 is 0. The SMILES string of the molecule is CC1(C)CN(c2ccc3c(=O)c(C(=O)O)cn(C4CC4)c3n2)CC1CN. The average molecular weight is 356 g/mol. The van der Waals surface area contributed by atoms with Gasteiger partial charge in [0.1, 0.15) is 17.0 Å². The number of anilines is 1. The Balaban J connectivity index is 1.83. The van der Waals surface area contributed by atoms with Crippen LogP contribution in [0.15, 0.2) is 23.1 Å². The largest absolute Gasteiger partial charge is 0.477 e. The second-order valence-corrected chi connectivity index (χ2v) is 8.16. The van der Waals surface area contributed by atoms with Gasteiger partial charge in [0.15, 0.2) is 0 Å². The first-order valence-electron chi connectivity index (χ1n) is 9.06. The van der Waals surface area contributed by atoms with E-state index in [0.717, 1.165) is 31.7 Å². The molecule has 0 aromatic carbocycles. The van der Waals surface area contributed by atoms with Crippen molar-refractivity contribution in [2.45, 2.75) is 32.7 Å². The fourth-order valence-corrected chi connectivity index (χ4v) is 3.94. The Morgan fingerprint density at radius 1 is 1.38 bits per heavy atom. The lowest BCUT2D eigenvalue weighted by Gasteiger charge is -2.24. The number of rotatable bonds is 4. The summed E-state index contributed by atoms with van der Waals surface area (Å²) in [6, 6.07) is 3.76. The summed E-state index contributed by atoms with van der Waals surface area (Å²) in [5.74, 6) is 0.0147. The monoisotopic (exact) mass is 356 g/mol. The summed E-state index contributed by atoms with van der Waals surface area (Å²) in [6.07, 6.45) is 3.42. The second-order valence-electron chi connectivity index (χ2n) is 8.16. The van der Waals surface area contributed by atoms with Gasteiger partial charge in [0.05, 0.1) is 5.39 Å². The summed E-state index contributed by atoms with van der Waals surface area (Å²) in [7, 11) is 0. The highest BCUT2D eigenvalue weighted by Gasteiger charge is 2.39. The summed E-state index contributed by atoms with van der Waals surface area (Å²) in [5.41, 5.74) is 5.95. The van der Waals surface area contributed by atoms with Crippen LogP contribution in [0.2, 0.25) is 0 Å². The highest BCUT2D eigenvalue weighted by Crippen LogP contribution is 2.39. The van der Waals surface area contributed by atoms with Crippen molar-refractivity contribution in [2.75, 3.05) is 24.5 Å². The van der Waals surface area contributed by atoms with Crippen molar-refractivity contribution in [3.63, 3.8) is 0 Å². The predicted octanol–water partition coefficient (Wildman–Crippen LogP) is 1.85. The minimum Gasteiger partial charge on any atom is -0.477 e. The minimum atomic E-state index is -1.19. The molecule has 2 aromatic heterocycles. The van der Waals surface area contributed by atoms with Crippen LogP contribution in [0.1, 0.15) is 43.1 Å². The number of carboxylic acids is 1. The summed E-state index contributed by atoms with van der Waals surface area (Å²) < 4.78 is 1.87. The maximum absolute atomic E-state index is 12.5. The predicted molar refractivity (Wildman–Crippen MR) is 99.8 cm³/mol. The third-order valence-electron chi connectivity index (χ3n) is 5.79. The molecule has 0 bridgehead atoms. The van der Waals surface area contributed by atoms with Crippen LogP contribution in [0.5, 0.6) is 0 Å². The van der Waals surface area contributed by atoms with Crippen molar-refractivity contribution in [1.29, 1.82) is 0 Å². The average Bonchev–Trinajstić information content (AvgIpc) is 3.38. The first-order valence-corrected chi connectivity index (χ1v) is 9.06. The van der Waals surface area contributed by atoms with Gasteiger partial charge in [-0.3, -0.25) is 4.79 Å². The molecule has 0 spiro atoms. The van der Waals surface area contributed by atoms with Gasteiger partial charge in [0.25, 0.3) is 0 Å². The van der Waals surface area contributed by atoms with E-state index in [1.54, 1.807) is 6.07 Å². The number of nitrogens with zero attached hydrogens (tertiary/aromatic N) is 3. The first-order chi connectivity index (χ1) is 12.3. The van der Waals surface area contributed by atoms with Crippen molar-refractivity contribution < 1.29 is 9.90 Å². The van der Waals surface area contributed by atoms with Crippen LogP contribution in [0.4, 0.5) is 5.82 Å². The third kappa shape index (κ3) is 2.67. The fourth-order valence-electron chi connectivity index (χ4n) is 3.94. The molecule has 1 atom stereocenters. The van der Waals surface area contributed by atoms with Gasteiger partial charge >= 0.3 is 5.97 Å². The molecule has 2 aliphatic rings. The van der Waals surface area contributed by atoms with E-state index in [0.29, 0.717) is 23.5 Å². The van der Waals surface area contributed by atoms with Gasteiger partial charge in [0.2, 0.25) is 5.43 Å². The summed E-state index contributed by atoms with van der Waals surface area (Å²) in [5, 5.41) is 9.71. The molecule has 3 heterocycles. The quantitative estimate of drug-likeness (QED) is 0.867. The topological polar surface area (TPSA) is 101 Å². The van der Waals surface area contributed by atoms with E-state index in [-0.39, 0.29) is 17.0 Å². The van der Waals surface area contributed by atoms with Crippen molar-refractivity contribution in [1.82, 2.24) is 9.55 Å². The van der Waals surface area contributed by atoms with Gasteiger partial charge in [-0.1, -0.05) is 13.8 Å². The fraction of sp³-hybridized carbons (Fsp3) is 0.526. The minimum absolute atomic E-state index is 0.106. The van der Waals surface area contributed by atoms with Gasteiger partial charge in [-0.05, 0) is 42.9 Å². The Bertz CT molecular complexity index is 946. The molecule has 4 rings (SSSR count). The molecule has 3 N–H and O–H groups in total. The third-order valence-corrected chi connectivity index (χ3v) is 5.79. The van der Waals surface area contributed by atoms with Crippen molar-refractivity contribution in [3.8, 4) is 0 Å². The molecule has 1 saturated carbocycles. The molecule has 138 valence electrons. The van der Waals surface area contributed by atoms with Crippen molar-refractivity contribution in [2.24, 2.45) is 17.1 Å². The summed E-state index contributed by atoms with van der Waals surface area (Å²) in [4.78, 5) is 30.9. The standard InChI is InChI=1S/C19H24N4O3/c1-19(2)10-22(8-11(19)7-20)15-6-5-13-16(24)14(18(25)26)9-23(12-3-4-12)17(13)21-15/h5-6,9,11-12H,3-4,7-8,10,20H2,1-2H3,(H,25,26). The van der Waals surface area contributed by atoms with E-state index in [1.165, 1.54) is 6.20 Å². The number of nitrogens with two attached hydrogens (primary N) is 1. The maximum Gasteiger partial charge on any atom is 0.341 e. The number of hydrogen-bond acceptors (Lipinski definition) is 5. The highest BCUT2D eigenvalue weighted by atomic mass is 16.4. The Kier molecular flexibility index (Phi) is 3.80. The highest BCUT2D eigenvalue weighted by molar-refractivity contribution is 5.92. The van der Waals surface area contributed by atoms with Gasteiger partial charge in [0, 0.05) is 25.3 Å². The molecule has 7 heteroatoms. The van der Waals surface area contributed by atoms with E-state index in [9.17, 15) is 14.7 Å². The molecule has 2 fully saturated rings. The first kappa shape index (κ1) is 17.0. The van der Waals surface area contributed by atoms with E-state index >= 15 is 0 Å². The Labute approximate surface area is 151 Å². The van der Waals surface area contributed by atoms with Crippen molar-refractivity contribution in [3.05, 3.63) is 34.1 Å². The Hall–Kier alpha value is -2.41. The van der Waals surface area contributed by atoms with Gasteiger partial charge < -0.3 is 20.3 Å². The molecule has 26 heavy (non-hydrogen) atoms. The van der Waals surface area contributed by atoms with E-state index < -0.39 is 11.4 Å². The second kappa shape index (κ2) is 5.81.